The van der Waals surface area contributed by atoms with E-state index >= 15 is 0 Å². The number of aromatic carboxylic acids is 1. The van der Waals surface area contributed by atoms with Crippen molar-refractivity contribution in [2.24, 2.45) is 5.92 Å². The Bertz CT molecular complexity index is 1100. The number of carbonyl (C=O) groups is 1. The summed E-state index contributed by atoms with van der Waals surface area (Å²) < 4.78 is 5.92. The zero-order chi connectivity index (χ0) is 23.2. The molecule has 1 aliphatic heterocycles. The molecule has 0 saturated carbocycles. The van der Waals surface area contributed by atoms with Gasteiger partial charge in [0, 0.05) is 35.9 Å². The Morgan fingerprint density at radius 3 is 2.71 bits per heavy atom. The molecule has 7 nitrogen and oxygen atoms in total. The van der Waals surface area contributed by atoms with E-state index < -0.39 is 5.97 Å². The minimum atomic E-state index is -1.20. The molecular formula is C25H27N4NaO3S. The van der Waals surface area contributed by atoms with Crippen LogP contribution in [0.25, 0.3) is 0 Å². The van der Waals surface area contributed by atoms with Crippen molar-refractivity contribution < 1.29 is 44.2 Å². The number of carboxylic acid groups (broad SMARTS) is 1. The van der Waals surface area contributed by atoms with Crippen molar-refractivity contribution in [3.8, 4) is 5.75 Å². The summed E-state index contributed by atoms with van der Waals surface area (Å²) in [5, 5.41) is 15.0. The second-order valence-electron chi connectivity index (χ2n) is 8.32. The Kier molecular flexibility index (Phi) is 9.79. The molecule has 4 rings (SSSR count). The van der Waals surface area contributed by atoms with Gasteiger partial charge >= 0.3 is 29.6 Å². The third-order valence-corrected chi connectivity index (χ3v) is 6.52. The molecule has 2 unspecified atom stereocenters. The van der Waals surface area contributed by atoms with Gasteiger partial charge < -0.3 is 20.0 Å². The van der Waals surface area contributed by atoms with Gasteiger partial charge in [-0.05, 0) is 67.3 Å². The van der Waals surface area contributed by atoms with Crippen LogP contribution < -0.4 is 44.7 Å². The van der Waals surface area contributed by atoms with Crippen molar-refractivity contribution in [2.75, 3.05) is 25.0 Å². The molecule has 2 heterocycles. The normalized spacial score (nSPS) is 17.7. The molecule has 0 radical (unpaired) electrons. The monoisotopic (exact) mass is 486 g/mol. The number of nitrogens with one attached hydrogen (secondary N) is 1. The van der Waals surface area contributed by atoms with Crippen LogP contribution in [0.15, 0.2) is 70.7 Å². The standard InChI is InChI=1S/C25H28N4O3S.Na/c1-17-14-18(2)29(16-17)12-13-32-21-8-6-20(7-9-21)27-25-26-11-10-23(28-25)33-22-5-3-4-19(15-22)24(30)31;/h3-11,15,17-18H,12-14,16H2,1-2H3,(H,30,31)(H,26,27,28);/q;+1/p-1. The quantitative estimate of drug-likeness (QED) is 0.352. The van der Waals surface area contributed by atoms with E-state index in [2.05, 4.69) is 34.0 Å². The fourth-order valence-corrected chi connectivity index (χ4v) is 4.84. The summed E-state index contributed by atoms with van der Waals surface area (Å²) >= 11 is 1.36. The van der Waals surface area contributed by atoms with Crippen LogP contribution in [0.1, 0.15) is 30.6 Å². The molecule has 0 aliphatic carbocycles. The van der Waals surface area contributed by atoms with Crippen molar-refractivity contribution in [3.63, 3.8) is 0 Å². The summed E-state index contributed by atoms with van der Waals surface area (Å²) in [6.07, 6.45) is 2.92. The Morgan fingerprint density at radius 1 is 1.21 bits per heavy atom. The molecular weight excluding hydrogens is 459 g/mol. The third kappa shape index (κ3) is 7.45. The predicted octanol–water partition coefficient (Wildman–Crippen LogP) is 0.848. The number of anilines is 2. The second kappa shape index (κ2) is 12.6. The second-order valence-corrected chi connectivity index (χ2v) is 9.41. The number of hydrogen-bond donors (Lipinski definition) is 1. The van der Waals surface area contributed by atoms with Crippen molar-refractivity contribution >= 4 is 29.4 Å². The average molecular weight is 487 g/mol. The van der Waals surface area contributed by atoms with Crippen LogP contribution in [-0.4, -0.2) is 46.6 Å². The number of carboxylic acids is 1. The van der Waals surface area contributed by atoms with Gasteiger partial charge in [0.25, 0.3) is 0 Å². The van der Waals surface area contributed by atoms with E-state index in [0.29, 0.717) is 23.6 Å². The van der Waals surface area contributed by atoms with Gasteiger partial charge in [0.2, 0.25) is 5.95 Å². The van der Waals surface area contributed by atoms with Gasteiger partial charge in [0.1, 0.15) is 17.4 Å². The summed E-state index contributed by atoms with van der Waals surface area (Å²) in [6.45, 7) is 7.34. The van der Waals surface area contributed by atoms with Crippen LogP contribution in [0.3, 0.4) is 0 Å². The topological polar surface area (TPSA) is 90.4 Å². The first-order valence-electron chi connectivity index (χ1n) is 11.0. The molecule has 1 aromatic heterocycles. The molecule has 1 fully saturated rings. The molecule has 9 heteroatoms. The molecule has 34 heavy (non-hydrogen) atoms. The van der Waals surface area contributed by atoms with E-state index in [1.165, 1.54) is 24.2 Å². The molecule has 1 saturated heterocycles. The Labute approximate surface area is 226 Å². The van der Waals surface area contributed by atoms with Crippen molar-refractivity contribution in [3.05, 3.63) is 66.4 Å². The maximum atomic E-state index is 11.1. The molecule has 172 valence electrons. The minimum absolute atomic E-state index is 0. The summed E-state index contributed by atoms with van der Waals surface area (Å²) in [6, 6.07) is 16.7. The number of nitrogens with zero attached hydrogens (tertiary/aromatic N) is 3. The van der Waals surface area contributed by atoms with Crippen LogP contribution in [0, 0.1) is 5.92 Å². The number of likely N-dealkylation sites (tertiary alicyclic amines) is 1. The van der Waals surface area contributed by atoms with Crippen LogP contribution in [0.5, 0.6) is 5.75 Å². The molecule has 2 aromatic carbocycles. The van der Waals surface area contributed by atoms with Gasteiger partial charge in [-0.25, -0.2) is 9.97 Å². The molecule has 3 aromatic rings. The molecule has 1 N–H and O–H groups in total. The van der Waals surface area contributed by atoms with E-state index in [1.807, 2.05) is 30.3 Å². The molecule has 2 atom stereocenters. The van der Waals surface area contributed by atoms with E-state index in [4.69, 9.17) is 4.74 Å². The van der Waals surface area contributed by atoms with E-state index in [1.54, 1.807) is 24.4 Å². The Morgan fingerprint density at radius 2 is 2.00 bits per heavy atom. The summed E-state index contributed by atoms with van der Waals surface area (Å²) in [5.74, 6) is 0.854. The van der Waals surface area contributed by atoms with Crippen molar-refractivity contribution in [1.82, 2.24) is 14.9 Å². The van der Waals surface area contributed by atoms with Gasteiger partial charge in [-0.2, -0.15) is 0 Å². The minimum Gasteiger partial charge on any atom is -0.545 e. The summed E-state index contributed by atoms with van der Waals surface area (Å²) in [7, 11) is 0. The first kappa shape index (κ1) is 26.5. The number of carbonyl (C=O) groups excluding carboxylic acids is 1. The zero-order valence-corrected chi connectivity index (χ0v) is 22.5. The fraction of sp³-hybridized carbons (Fsp3) is 0.320. The first-order valence-corrected chi connectivity index (χ1v) is 11.8. The smallest absolute Gasteiger partial charge is 0.545 e. The van der Waals surface area contributed by atoms with Crippen molar-refractivity contribution in [2.45, 2.75) is 36.2 Å². The van der Waals surface area contributed by atoms with Crippen LogP contribution >= 0.6 is 11.8 Å². The SMILES string of the molecule is CC1CC(C)N(CCOc2ccc(Nc3nccc(Sc4cccc(C(=O)[O-])c4)n3)cc2)C1.[Na+]. The Hall–Kier alpha value is -2.10. The molecule has 0 spiro atoms. The predicted molar refractivity (Wildman–Crippen MR) is 127 cm³/mol. The van der Waals surface area contributed by atoms with Gasteiger partial charge in [-0.1, -0.05) is 30.8 Å². The summed E-state index contributed by atoms with van der Waals surface area (Å²) in [5.41, 5.74) is 0.990. The van der Waals surface area contributed by atoms with E-state index in [9.17, 15) is 9.90 Å². The van der Waals surface area contributed by atoms with Gasteiger partial charge in [-0.3, -0.25) is 4.90 Å². The number of benzene rings is 2. The van der Waals surface area contributed by atoms with E-state index in [0.717, 1.165) is 35.3 Å². The maximum absolute atomic E-state index is 11.1. The largest absolute Gasteiger partial charge is 1.00 e. The fourth-order valence-electron chi connectivity index (χ4n) is 4.01. The van der Waals surface area contributed by atoms with Gasteiger partial charge in [0.05, 0.1) is 5.97 Å². The number of ether oxygens (including phenoxy) is 1. The first-order chi connectivity index (χ1) is 16.0. The van der Waals surface area contributed by atoms with Gasteiger partial charge in [0.15, 0.2) is 0 Å². The summed E-state index contributed by atoms with van der Waals surface area (Å²) in [4.78, 5) is 23.1. The maximum Gasteiger partial charge on any atom is 1.00 e. The molecule has 1 aliphatic rings. The number of aromatic nitrogens is 2. The van der Waals surface area contributed by atoms with Gasteiger partial charge in [-0.15, -0.1) is 0 Å². The molecule has 0 amide bonds. The molecule has 0 bridgehead atoms. The third-order valence-electron chi connectivity index (χ3n) is 5.59. The number of hydrogen-bond acceptors (Lipinski definition) is 8. The van der Waals surface area contributed by atoms with Crippen molar-refractivity contribution in [1.29, 1.82) is 0 Å². The van der Waals surface area contributed by atoms with E-state index in [-0.39, 0.29) is 35.1 Å². The van der Waals surface area contributed by atoms with Crippen LogP contribution in [0.4, 0.5) is 11.6 Å². The average Bonchev–Trinajstić information content (AvgIpc) is 3.12. The number of rotatable bonds is 9. The zero-order valence-electron chi connectivity index (χ0n) is 19.7. The van der Waals surface area contributed by atoms with Crippen LogP contribution in [-0.2, 0) is 0 Å². The van der Waals surface area contributed by atoms with Crippen LogP contribution in [0.2, 0.25) is 0 Å². The Balaban J connectivity index is 0.00000324.